The Morgan fingerprint density at radius 2 is 1.82 bits per heavy atom. The lowest BCUT2D eigenvalue weighted by molar-refractivity contribution is 0.0931. The fraction of sp³-hybridized carbons (Fsp3) is 0.231. The number of nitrogens with one attached hydrogen (secondary N) is 1. The molecule has 2 aliphatic rings. The van der Waals surface area contributed by atoms with Crippen LogP contribution in [0.2, 0.25) is 10.0 Å². The van der Waals surface area contributed by atoms with Crippen molar-refractivity contribution in [2.45, 2.75) is 31.3 Å². The van der Waals surface area contributed by atoms with Gasteiger partial charge < -0.3 is 21.8 Å². The maximum absolute atomic E-state index is 13.5. The minimum Gasteiger partial charge on any atom is -0.382 e. The van der Waals surface area contributed by atoms with Gasteiger partial charge in [-0.05, 0) is 54.2 Å². The number of nitrogens with zero attached hydrogens (tertiary/aromatic N) is 2. The predicted molar refractivity (Wildman–Crippen MR) is 137 cm³/mol. The molecule has 1 heterocycles. The molecule has 1 amide bonds. The van der Waals surface area contributed by atoms with Gasteiger partial charge in [-0.2, -0.15) is 5.10 Å². The Morgan fingerprint density at radius 3 is 2.50 bits per heavy atom. The van der Waals surface area contributed by atoms with Crippen LogP contribution in [0.5, 0.6) is 0 Å². The molecule has 0 saturated heterocycles. The van der Waals surface area contributed by atoms with Crippen LogP contribution < -0.4 is 21.8 Å². The molecule has 1 fully saturated rings. The van der Waals surface area contributed by atoms with E-state index in [2.05, 4.69) is 21.4 Å². The molecular formula is C26H25Cl2N5O. The zero-order chi connectivity index (χ0) is 23.9. The number of fused-ring (bicyclic) bond motifs is 1. The summed E-state index contributed by atoms with van der Waals surface area (Å²) in [6.07, 6.45) is 2.68. The first-order chi connectivity index (χ1) is 16.4. The second-order valence-corrected chi connectivity index (χ2v) is 9.68. The number of carbonyl (C=O) groups excluding carboxylic acids is 1. The van der Waals surface area contributed by atoms with Crippen molar-refractivity contribution < 1.29 is 4.79 Å². The largest absolute Gasteiger partial charge is 0.382 e. The number of halogens is 2. The van der Waals surface area contributed by atoms with Crippen LogP contribution in [0.1, 0.15) is 45.5 Å². The van der Waals surface area contributed by atoms with E-state index >= 15 is 0 Å². The molecule has 3 aromatic rings. The zero-order valence-corrected chi connectivity index (χ0v) is 20.0. The Labute approximate surface area is 208 Å². The van der Waals surface area contributed by atoms with Gasteiger partial charge in [0.2, 0.25) is 0 Å². The van der Waals surface area contributed by atoms with Gasteiger partial charge in [0.05, 0.1) is 26.8 Å². The number of nitrogens with two attached hydrogens (primary N) is 2. The van der Waals surface area contributed by atoms with Gasteiger partial charge in [-0.15, -0.1) is 0 Å². The van der Waals surface area contributed by atoms with Crippen LogP contribution in [0.3, 0.4) is 0 Å². The summed E-state index contributed by atoms with van der Waals surface area (Å²) in [5, 5.41) is 7.91. The van der Waals surface area contributed by atoms with Crippen LogP contribution >= 0.6 is 23.2 Å². The molecule has 0 spiro atoms. The van der Waals surface area contributed by atoms with Crippen LogP contribution in [-0.4, -0.2) is 18.3 Å². The number of hydrogen-bond acceptors (Lipinski definition) is 4. The number of amides is 1. The zero-order valence-electron chi connectivity index (χ0n) is 18.5. The summed E-state index contributed by atoms with van der Waals surface area (Å²) >= 11 is 12.3. The number of benzene rings is 3. The molecule has 0 radical (unpaired) electrons. The van der Waals surface area contributed by atoms with Crippen molar-refractivity contribution >= 4 is 40.6 Å². The summed E-state index contributed by atoms with van der Waals surface area (Å²) in [7, 11) is 0. The molecule has 6 nitrogen and oxygen atoms in total. The fourth-order valence-electron chi connectivity index (χ4n) is 4.66. The molecule has 34 heavy (non-hydrogen) atoms. The van der Waals surface area contributed by atoms with Crippen molar-refractivity contribution in [2.75, 3.05) is 11.4 Å². The molecule has 0 unspecified atom stereocenters. The van der Waals surface area contributed by atoms with Crippen molar-refractivity contribution in [3.63, 3.8) is 0 Å². The summed E-state index contributed by atoms with van der Waals surface area (Å²) in [6, 6.07) is 19.3. The normalized spacial score (nSPS) is 16.3. The topological polar surface area (TPSA) is 96.7 Å². The van der Waals surface area contributed by atoms with Crippen molar-refractivity contribution in [3.8, 4) is 0 Å². The Hall–Kier alpha value is -3.22. The minimum atomic E-state index is -0.361. The lowest BCUT2D eigenvalue weighted by Crippen LogP contribution is -2.36. The second-order valence-electron chi connectivity index (χ2n) is 8.86. The maximum atomic E-state index is 13.5. The second kappa shape index (κ2) is 8.85. The van der Waals surface area contributed by atoms with E-state index in [9.17, 15) is 4.79 Å². The van der Waals surface area contributed by atoms with Gasteiger partial charge in [0.15, 0.2) is 0 Å². The molecule has 5 N–H and O–H groups in total. The van der Waals surface area contributed by atoms with Crippen LogP contribution in [-0.2, 0) is 18.5 Å². The Morgan fingerprint density at radius 1 is 1.06 bits per heavy atom. The Balaban J connectivity index is 1.38. The summed E-state index contributed by atoms with van der Waals surface area (Å²) in [5.41, 5.74) is 11.2. The number of rotatable bonds is 6. The fourth-order valence-corrected chi connectivity index (χ4v) is 4.98. The molecular weight excluding hydrogens is 469 g/mol. The van der Waals surface area contributed by atoms with E-state index in [0.29, 0.717) is 22.2 Å². The highest BCUT2D eigenvalue weighted by molar-refractivity contribution is 6.42. The highest BCUT2D eigenvalue weighted by Gasteiger charge is 2.46. The number of hydrazone groups is 1. The third-order valence-corrected chi connectivity index (χ3v) is 7.40. The number of hydrogen-bond donors (Lipinski definition) is 3. The smallest absolute Gasteiger partial charge is 0.254 e. The van der Waals surface area contributed by atoms with Gasteiger partial charge in [0, 0.05) is 18.7 Å². The molecule has 0 aromatic heterocycles. The monoisotopic (exact) mass is 493 g/mol. The first-order valence-corrected chi connectivity index (χ1v) is 11.9. The molecule has 5 rings (SSSR count). The maximum Gasteiger partial charge on any atom is 0.254 e. The van der Waals surface area contributed by atoms with Gasteiger partial charge >= 0.3 is 0 Å². The van der Waals surface area contributed by atoms with Crippen molar-refractivity contribution in [1.82, 2.24) is 5.32 Å². The number of carbonyl (C=O) groups is 1. The average Bonchev–Trinajstić information content (AvgIpc) is 3.52. The summed E-state index contributed by atoms with van der Waals surface area (Å²) < 4.78 is 0. The van der Waals surface area contributed by atoms with E-state index in [1.54, 1.807) is 0 Å². The average molecular weight is 494 g/mol. The van der Waals surface area contributed by atoms with Crippen molar-refractivity contribution in [2.24, 2.45) is 16.7 Å². The van der Waals surface area contributed by atoms with Crippen molar-refractivity contribution in [1.29, 1.82) is 0 Å². The Bertz CT molecular complexity index is 1280. The Kier molecular flexibility index (Phi) is 5.88. The standard InChI is InChI=1S/C26H25Cl2N5O/c27-21-9-4-16(14-22(21)28)15-33-13-10-17-2-1-3-20(23(17)33)25(34)31-26(11-12-26)19-7-5-18(6-8-19)24(29)32-30/h1-9,14H,10-13,15,30H2,(H2,29,32)(H,31,34). The van der Waals surface area contributed by atoms with Crippen LogP contribution in [0, 0.1) is 0 Å². The summed E-state index contributed by atoms with van der Waals surface area (Å²) in [6.45, 7) is 1.50. The predicted octanol–water partition coefficient (Wildman–Crippen LogP) is 4.55. The molecule has 0 bridgehead atoms. The highest BCUT2D eigenvalue weighted by atomic mass is 35.5. The third-order valence-electron chi connectivity index (χ3n) is 6.66. The van der Waals surface area contributed by atoms with E-state index in [-0.39, 0.29) is 17.3 Å². The SMILES string of the molecule is NN=C(N)c1ccc(C2(NC(=O)c3cccc4c3N(Cc3ccc(Cl)c(Cl)c3)CC4)CC2)cc1. The summed E-state index contributed by atoms with van der Waals surface area (Å²) in [4.78, 5) is 15.8. The molecule has 0 atom stereocenters. The van der Waals surface area contributed by atoms with E-state index < -0.39 is 0 Å². The van der Waals surface area contributed by atoms with E-state index in [1.165, 1.54) is 5.56 Å². The molecule has 1 saturated carbocycles. The first kappa shape index (κ1) is 22.6. The van der Waals surface area contributed by atoms with Gasteiger partial charge in [-0.3, -0.25) is 4.79 Å². The third kappa shape index (κ3) is 4.19. The van der Waals surface area contributed by atoms with Gasteiger partial charge in [-0.1, -0.05) is 65.7 Å². The van der Waals surface area contributed by atoms with Crippen LogP contribution in [0.15, 0.2) is 65.8 Å². The lowest BCUT2D eigenvalue weighted by Gasteiger charge is -2.24. The quantitative estimate of drug-likeness (QED) is 0.203. The molecule has 174 valence electrons. The van der Waals surface area contributed by atoms with Gasteiger partial charge in [0.1, 0.15) is 5.84 Å². The molecule has 3 aromatic carbocycles. The summed E-state index contributed by atoms with van der Waals surface area (Å²) in [5.74, 6) is 5.49. The van der Waals surface area contributed by atoms with Gasteiger partial charge in [0.25, 0.3) is 5.91 Å². The molecule has 1 aliphatic heterocycles. The molecule has 1 aliphatic carbocycles. The lowest BCUT2D eigenvalue weighted by atomic mass is 10.0. The number of amidine groups is 1. The number of para-hydroxylation sites is 1. The van der Waals surface area contributed by atoms with Crippen LogP contribution in [0.4, 0.5) is 5.69 Å². The van der Waals surface area contributed by atoms with Gasteiger partial charge in [-0.25, -0.2) is 0 Å². The first-order valence-electron chi connectivity index (χ1n) is 11.2. The van der Waals surface area contributed by atoms with E-state index in [4.69, 9.17) is 34.8 Å². The van der Waals surface area contributed by atoms with Crippen LogP contribution in [0.25, 0.3) is 0 Å². The number of anilines is 1. The van der Waals surface area contributed by atoms with E-state index in [1.807, 2.05) is 54.6 Å². The highest BCUT2D eigenvalue weighted by Crippen LogP contribution is 2.46. The minimum absolute atomic E-state index is 0.0671. The molecule has 8 heteroatoms. The van der Waals surface area contributed by atoms with E-state index in [0.717, 1.165) is 48.2 Å². The van der Waals surface area contributed by atoms with Crippen molar-refractivity contribution in [3.05, 3.63) is 98.5 Å².